The van der Waals surface area contributed by atoms with Crippen molar-refractivity contribution in [2.24, 2.45) is 4.99 Å². The number of hydrogen-bond acceptors (Lipinski definition) is 3. The molecule has 0 aliphatic rings. The Morgan fingerprint density at radius 2 is 1.79 bits per heavy atom. The SMILES string of the molecule is CCN(CCNC(=NC)NCCS(=O)c1ccccc1)c1cccc(C)c1.I. The van der Waals surface area contributed by atoms with E-state index in [1.807, 2.05) is 30.3 Å². The van der Waals surface area contributed by atoms with Gasteiger partial charge in [0.2, 0.25) is 0 Å². The minimum Gasteiger partial charge on any atom is -0.370 e. The first-order valence-corrected chi connectivity index (χ1v) is 10.7. The van der Waals surface area contributed by atoms with Gasteiger partial charge in [-0.3, -0.25) is 9.20 Å². The number of anilines is 1. The van der Waals surface area contributed by atoms with Gasteiger partial charge < -0.3 is 15.5 Å². The Morgan fingerprint density at radius 1 is 1.07 bits per heavy atom. The summed E-state index contributed by atoms with van der Waals surface area (Å²) in [4.78, 5) is 7.44. The molecule has 0 amide bonds. The first-order chi connectivity index (χ1) is 13.1. The van der Waals surface area contributed by atoms with Gasteiger partial charge in [-0.15, -0.1) is 24.0 Å². The fraction of sp³-hybridized carbons (Fsp3) is 0.381. The molecule has 5 nitrogen and oxygen atoms in total. The summed E-state index contributed by atoms with van der Waals surface area (Å²) in [6.45, 7) is 7.50. The zero-order chi connectivity index (χ0) is 19.5. The van der Waals surface area contributed by atoms with Crippen molar-refractivity contribution in [3.63, 3.8) is 0 Å². The number of guanidine groups is 1. The van der Waals surface area contributed by atoms with E-state index in [4.69, 9.17) is 0 Å². The summed E-state index contributed by atoms with van der Waals surface area (Å²) >= 11 is 0. The third kappa shape index (κ3) is 8.18. The number of aryl methyl sites for hydroxylation is 1. The van der Waals surface area contributed by atoms with Gasteiger partial charge in [-0.05, 0) is 43.7 Å². The molecule has 154 valence electrons. The number of nitrogens with zero attached hydrogens (tertiary/aromatic N) is 2. The van der Waals surface area contributed by atoms with Crippen LogP contribution in [-0.4, -0.2) is 49.1 Å². The van der Waals surface area contributed by atoms with Crippen LogP contribution in [0, 0.1) is 6.92 Å². The molecule has 0 bridgehead atoms. The number of hydrogen-bond donors (Lipinski definition) is 2. The largest absolute Gasteiger partial charge is 0.370 e. The lowest BCUT2D eigenvalue weighted by atomic mass is 10.2. The number of benzene rings is 2. The summed E-state index contributed by atoms with van der Waals surface area (Å²) in [6.07, 6.45) is 0. The molecule has 0 fully saturated rings. The summed E-state index contributed by atoms with van der Waals surface area (Å²) in [5.74, 6) is 1.29. The predicted molar refractivity (Wildman–Crippen MR) is 132 cm³/mol. The highest BCUT2D eigenvalue weighted by atomic mass is 127. The van der Waals surface area contributed by atoms with Crippen LogP contribution in [0.2, 0.25) is 0 Å². The van der Waals surface area contributed by atoms with Crippen LogP contribution in [0.1, 0.15) is 12.5 Å². The van der Waals surface area contributed by atoms with Crippen LogP contribution in [0.15, 0.2) is 64.5 Å². The monoisotopic (exact) mass is 514 g/mol. The minimum atomic E-state index is -0.997. The van der Waals surface area contributed by atoms with E-state index < -0.39 is 10.8 Å². The summed E-state index contributed by atoms with van der Waals surface area (Å²) in [5, 5.41) is 6.57. The average Bonchev–Trinajstić information content (AvgIpc) is 2.70. The van der Waals surface area contributed by atoms with Gasteiger partial charge in [0.25, 0.3) is 0 Å². The lowest BCUT2D eigenvalue weighted by molar-refractivity contribution is 0.681. The Bertz CT molecular complexity index is 755. The molecule has 2 rings (SSSR count). The maximum absolute atomic E-state index is 12.2. The standard InChI is InChI=1S/C21H30N4OS.HI/c1-4-25(19-10-8-9-18(2)17-19)15-13-23-21(22-3)24-14-16-27(26)20-11-6-5-7-12-20;/h5-12,17H,4,13-16H2,1-3H3,(H2,22,23,24);1H. The highest BCUT2D eigenvalue weighted by Gasteiger charge is 2.06. The van der Waals surface area contributed by atoms with E-state index in [0.717, 1.165) is 30.5 Å². The van der Waals surface area contributed by atoms with Crippen molar-refractivity contribution in [1.82, 2.24) is 10.6 Å². The normalized spacial score (nSPS) is 12.0. The van der Waals surface area contributed by atoms with E-state index in [1.165, 1.54) is 11.3 Å². The number of aliphatic imine (C=N–C) groups is 1. The zero-order valence-electron chi connectivity index (χ0n) is 16.9. The second kappa shape index (κ2) is 13.5. The summed E-state index contributed by atoms with van der Waals surface area (Å²) < 4.78 is 12.2. The Kier molecular flexibility index (Phi) is 11.8. The molecule has 0 saturated heterocycles. The molecule has 1 unspecified atom stereocenters. The quantitative estimate of drug-likeness (QED) is 0.306. The molecule has 28 heavy (non-hydrogen) atoms. The van der Waals surface area contributed by atoms with Crippen molar-refractivity contribution < 1.29 is 4.21 Å². The molecule has 0 saturated carbocycles. The van der Waals surface area contributed by atoms with Gasteiger partial charge in [0.05, 0.1) is 10.8 Å². The van der Waals surface area contributed by atoms with Gasteiger partial charge in [-0.25, -0.2) is 0 Å². The van der Waals surface area contributed by atoms with Crippen LogP contribution in [0.5, 0.6) is 0 Å². The first-order valence-electron chi connectivity index (χ1n) is 9.33. The number of halogens is 1. The van der Waals surface area contributed by atoms with Crippen LogP contribution in [-0.2, 0) is 10.8 Å². The topological polar surface area (TPSA) is 56.7 Å². The molecule has 2 aromatic rings. The number of rotatable bonds is 9. The molecule has 1 atom stereocenters. The molecule has 2 N–H and O–H groups in total. The molecular weight excluding hydrogens is 483 g/mol. The fourth-order valence-corrected chi connectivity index (χ4v) is 3.76. The Hall–Kier alpha value is -1.61. The maximum atomic E-state index is 12.2. The summed E-state index contributed by atoms with van der Waals surface area (Å²) in [6, 6.07) is 18.1. The minimum absolute atomic E-state index is 0. The third-order valence-corrected chi connectivity index (χ3v) is 5.61. The van der Waals surface area contributed by atoms with Gasteiger partial charge in [0.15, 0.2) is 5.96 Å². The zero-order valence-corrected chi connectivity index (χ0v) is 20.0. The molecule has 0 radical (unpaired) electrons. The van der Waals surface area contributed by atoms with E-state index in [2.05, 4.69) is 58.6 Å². The van der Waals surface area contributed by atoms with Gasteiger partial charge >= 0.3 is 0 Å². The lowest BCUT2D eigenvalue weighted by Crippen LogP contribution is -2.42. The van der Waals surface area contributed by atoms with Gasteiger partial charge in [-0.2, -0.15) is 0 Å². The molecule has 0 aliphatic carbocycles. The second-order valence-corrected chi connectivity index (χ2v) is 7.78. The summed E-state index contributed by atoms with van der Waals surface area (Å²) in [7, 11) is 0.755. The van der Waals surface area contributed by atoms with Crippen LogP contribution in [0.3, 0.4) is 0 Å². The van der Waals surface area contributed by atoms with Gasteiger partial charge in [0, 0.05) is 49.6 Å². The Labute approximate surface area is 188 Å². The molecule has 0 spiro atoms. The fourth-order valence-electron chi connectivity index (χ4n) is 2.78. The lowest BCUT2D eigenvalue weighted by Gasteiger charge is -2.24. The smallest absolute Gasteiger partial charge is 0.191 e. The molecule has 0 heterocycles. The van der Waals surface area contributed by atoms with Crippen molar-refractivity contribution >= 4 is 46.4 Å². The van der Waals surface area contributed by atoms with Crippen molar-refractivity contribution in [2.75, 3.05) is 43.9 Å². The van der Waals surface area contributed by atoms with Crippen molar-refractivity contribution in [1.29, 1.82) is 0 Å². The van der Waals surface area contributed by atoms with Crippen molar-refractivity contribution in [3.05, 3.63) is 60.2 Å². The third-order valence-electron chi connectivity index (χ3n) is 4.23. The molecule has 7 heteroatoms. The number of likely N-dealkylation sites (N-methyl/N-ethyl adjacent to an activating group) is 1. The van der Waals surface area contributed by atoms with E-state index >= 15 is 0 Å². The maximum Gasteiger partial charge on any atom is 0.191 e. The first kappa shape index (κ1) is 24.4. The van der Waals surface area contributed by atoms with Crippen LogP contribution in [0.25, 0.3) is 0 Å². The predicted octanol–water partition coefficient (Wildman–Crippen LogP) is 3.41. The summed E-state index contributed by atoms with van der Waals surface area (Å²) in [5.41, 5.74) is 2.50. The van der Waals surface area contributed by atoms with E-state index in [9.17, 15) is 4.21 Å². The van der Waals surface area contributed by atoms with Gasteiger partial charge in [-0.1, -0.05) is 30.3 Å². The highest BCUT2D eigenvalue weighted by Crippen LogP contribution is 2.14. The van der Waals surface area contributed by atoms with E-state index in [-0.39, 0.29) is 24.0 Å². The molecule has 0 aliphatic heterocycles. The van der Waals surface area contributed by atoms with Crippen molar-refractivity contribution in [2.45, 2.75) is 18.7 Å². The van der Waals surface area contributed by atoms with Crippen molar-refractivity contribution in [3.8, 4) is 0 Å². The Morgan fingerprint density at radius 3 is 2.43 bits per heavy atom. The van der Waals surface area contributed by atoms with E-state index in [1.54, 1.807) is 7.05 Å². The average molecular weight is 514 g/mol. The molecule has 2 aromatic carbocycles. The van der Waals surface area contributed by atoms with Gasteiger partial charge in [0.1, 0.15) is 0 Å². The Balaban J connectivity index is 0.00000392. The highest BCUT2D eigenvalue weighted by molar-refractivity contribution is 14.0. The second-order valence-electron chi connectivity index (χ2n) is 6.21. The van der Waals surface area contributed by atoms with Crippen LogP contribution < -0.4 is 15.5 Å². The number of nitrogens with one attached hydrogen (secondary N) is 2. The molecular formula is C21H31IN4OS. The molecule has 0 aromatic heterocycles. The van der Waals surface area contributed by atoms with Crippen LogP contribution >= 0.6 is 24.0 Å². The van der Waals surface area contributed by atoms with Crippen LogP contribution in [0.4, 0.5) is 5.69 Å². The van der Waals surface area contributed by atoms with E-state index in [0.29, 0.717) is 12.3 Å².